The van der Waals surface area contributed by atoms with Crippen LogP contribution in [0.5, 0.6) is 5.75 Å². The van der Waals surface area contributed by atoms with Crippen molar-refractivity contribution in [1.82, 2.24) is 5.32 Å². The monoisotopic (exact) mass is 307 g/mol. The summed E-state index contributed by atoms with van der Waals surface area (Å²) in [6, 6.07) is 15.8. The van der Waals surface area contributed by atoms with E-state index in [2.05, 4.69) is 5.32 Å². The number of benzene rings is 2. The molecule has 3 aromatic rings. The molecule has 1 heterocycles. The van der Waals surface area contributed by atoms with Crippen molar-refractivity contribution in [2.24, 2.45) is 0 Å². The number of carbonyl (C=O) groups excluding carboxylic acids is 1. The lowest BCUT2D eigenvalue weighted by atomic mass is 10.0. The minimum Gasteiger partial charge on any atom is -0.497 e. The summed E-state index contributed by atoms with van der Waals surface area (Å²) in [4.78, 5) is 12.6. The van der Waals surface area contributed by atoms with E-state index in [1.54, 1.807) is 7.11 Å². The summed E-state index contributed by atoms with van der Waals surface area (Å²) in [5.74, 6) is 0.924. The van der Waals surface area contributed by atoms with Crippen LogP contribution in [0, 0.1) is 0 Å². The third kappa shape index (κ3) is 2.57. The van der Waals surface area contributed by atoms with E-state index in [0.717, 1.165) is 29.4 Å². The maximum Gasteiger partial charge on any atom is 0.287 e. The lowest BCUT2D eigenvalue weighted by Crippen LogP contribution is -2.25. The second-order valence-electron chi connectivity index (χ2n) is 5.78. The van der Waals surface area contributed by atoms with Crippen LogP contribution in [0.1, 0.15) is 23.4 Å². The van der Waals surface area contributed by atoms with Crippen LogP contribution in [0.4, 0.5) is 0 Å². The molecule has 1 aliphatic carbocycles. The van der Waals surface area contributed by atoms with E-state index in [9.17, 15) is 4.79 Å². The zero-order chi connectivity index (χ0) is 15.8. The predicted molar refractivity (Wildman–Crippen MR) is 88.7 cm³/mol. The van der Waals surface area contributed by atoms with Crippen LogP contribution < -0.4 is 10.1 Å². The zero-order valence-corrected chi connectivity index (χ0v) is 12.8. The van der Waals surface area contributed by atoms with E-state index in [1.807, 2.05) is 48.5 Å². The van der Waals surface area contributed by atoms with Crippen LogP contribution in [0.3, 0.4) is 0 Å². The van der Waals surface area contributed by atoms with Gasteiger partial charge in [0, 0.05) is 23.1 Å². The first-order valence-electron chi connectivity index (χ1n) is 7.73. The molecule has 1 amide bonds. The summed E-state index contributed by atoms with van der Waals surface area (Å²) in [5, 5.41) is 3.92. The van der Waals surface area contributed by atoms with Gasteiger partial charge in [0.1, 0.15) is 11.3 Å². The van der Waals surface area contributed by atoms with E-state index in [-0.39, 0.29) is 11.9 Å². The average Bonchev–Trinajstić information content (AvgIpc) is 3.32. The van der Waals surface area contributed by atoms with E-state index < -0.39 is 0 Å². The summed E-state index contributed by atoms with van der Waals surface area (Å²) >= 11 is 0. The van der Waals surface area contributed by atoms with Gasteiger partial charge in [-0.1, -0.05) is 30.3 Å². The maximum absolute atomic E-state index is 12.6. The highest BCUT2D eigenvalue weighted by Crippen LogP contribution is 2.36. The summed E-state index contributed by atoms with van der Waals surface area (Å²) in [6.45, 7) is 0. The quantitative estimate of drug-likeness (QED) is 0.792. The lowest BCUT2D eigenvalue weighted by Gasteiger charge is -2.04. The standard InChI is InChI=1S/C19H17NO3/c1-22-14-9-10-15-16(11-14)23-18(19(21)20-13-7-8-13)17(15)12-5-3-2-4-6-12/h2-6,9-11,13H,7-8H2,1H3,(H,20,21). The van der Waals surface area contributed by atoms with Gasteiger partial charge < -0.3 is 14.5 Å². The fourth-order valence-electron chi connectivity index (χ4n) is 2.73. The van der Waals surface area contributed by atoms with Crippen LogP contribution in [-0.4, -0.2) is 19.1 Å². The van der Waals surface area contributed by atoms with Crippen molar-refractivity contribution in [3.63, 3.8) is 0 Å². The van der Waals surface area contributed by atoms with Gasteiger partial charge in [-0.3, -0.25) is 4.79 Å². The Labute approximate surface area is 134 Å². The van der Waals surface area contributed by atoms with Crippen LogP contribution >= 0.6 is 0 Å². The molecule has 0 aliphatic heterocycles. The van der Waals surface area contributed by atoms with Crippen molar-refractivity contribution in [1.29, 1.82) is 0 Å². The number of methoxy groups -OCH3 is 1. The molecule has 4 rings (SSSR count). The average molecular weight is 307 g/mol. The van der Waals surface area contributed by atoms with Crippen molar-refractivity contribution in [2.75, 3.05) is 7.11 Å². The zero-order valence-electron chi connectivity index (χ0n) is 12.8. The van der Waals surface area contributed by atoms with E-state index in [0.29, 0.717) is 17.1 Å². The molecule has 0 radical (unpaired) electrons. The Hall–Kier alpha value is -2.75. The molecule has 1 aromatic heterocycles. The van der Waals surface area contributed by atoms with Crippen molar-refractivity contribution < 1.29 is 13.9 Å². The highest BCUT2D eigenvalue weighted by molar-refractivity contribution is 6.08. The van der Waals surface area contributed by atoms with E-state index in [4.69, 9.17) is 9.15 Å². The minimum atomic E-state index is -0.151. The topological polar surface area (TPSA) is 51.5 Å². The van der Waals surface area contributed by atoms with Crippen LogP contribution in [0.25, 0.3) is 22.1 Å². The third-order valence-corrected chi connectivity index (χ3v) is 4.08. The largest absolute Gasteiger partial charge is 0.497 e. The van der Waals surface area contributed by atoms with Crippen molar-refractivity contribution in [3.8, 4) is 16.9 Å². The number of fused-ring (bicyclic) bond motifs is 1. The highest BCUT2D eigenvalue weighted by Gasteiger charge is 2.28. The normalized spacial score (nSPS) is 14.0. The Balaban J connectivity index is 1.90. The van der Waals surface area contributed by atoms with Gasteiger partial charge in [-0.05, 0) is 30.5 Å². The number of carbonyl (C=O) groups is 1. The van der Waals surface area contributed by atoms with Crippen LogP contribution in [-0.2, 0) is 0 Å². The van der Waals surface area contributed by atoms with Gasteiger partial charge in [-0.2, -0.15) is 0 Å². The van der Waals surface area contributed by atoms with Gasteiger partial charge in [0.05, 0.1) is 7.11 Å². The Kier molecular flexibility index (Phi) is 3.30. The summed E-state index contributed by atoms with van der Waals surface area (Å²) in [7, 11) is 1.61. The number of hydrogen-bond acceptors (Lipinski definition) is 3. The molecule has 1 aliphatic rings. The van der Waals surface area contributed by atoms with Crippen molar-refractivity contribution in [3.05, 3.63) is 54.3 Å². The Morgan fingerprint density at radius 1 is 1.17 bits per heavy atom. The molecule has 23 heavy (non-hydrogen) atoms. The Bertz CT molecular complexity index is 863. The van der Waals surface area contributed by atoms with Crippen molar-refractivity contribution in [2.45, 2.75) is 18.9 Å². The van der Waals surface area contributed by atoms with Gasteiger partial charge in [0.25, 0.3) is 5.91 Å². The number of furan rings is 1. The number of rotatable bonds is 4. The van der Waals surface area contributed by atoms with Crippen LogP contribution in [0.15, 0.2) is 52.9 Å². The first kappa shape index (κ1) is 13.9. The van der Waals surface area contributed by atoms with Crippen molar-refractivity contribution >= 4 is 16.9 Å². The molecule has 1 saturated carbocycles. The van der Waals surface area contributed by atoms with Gasteiger partial charge in [0.15, 0.2) is 0 Å². The molecule has 0 saturated heterocycles. The second kappa shape index (κ2) is 5.47. The second-order valence-corrected chi connectivity index (χ2v) is 5.78. The molecule has 1 N–H and O–H groups in total. The molecule has 0 spiro atoms. The van der Waals surface area contributed by atoms with E-state index >= 15 is 0 Å². The molecule has 0 unspecified atom stereocenters. The number of ether oxygens (including phenoxy) is 1. The minimum absolute atomic E-state index is 0.151. The van der Waals surface area contributed by atoms with Gasteiger partial charge in [-0.15, -0.1) is 0 Å². The summed E-state index contributed by atoms with van der Waals surface area (Å²) in [6.07, 6.45) is 2.08. The SMILES string of the molecule is COc1ccc2c(-c3ccccc3)c(C(=O)NC3CC3)oc2c1. The molecule has 0 bridgehead atoms. The maximum atomic E-state index is 12.6. The molecule has 1 fully saturated rings. The molecule has 2 aromatic carbocycles. The molecular weight excluding hydrogens is 290 g/mol. The first-order chi connectivity index (χ1) is 11.3. The molecule has 0 atom stereocenters. The predicted octanol–water partition coefficient (Wildman–Crippen LogP) is 4.00. The van der Waals surface area contributed by atoms with Gasteiger partial charge in [-0.25, -0.2) is 0 Å². The fourth-order valence-corrected chi connectivity index (χ4v) is 2.73. The van der Waals surface area contributed by atoms with Gasteiger partial charge >= 0.3 is 0 Å². The number of hydrogen-bond donors (Lipinski definition) is 1. The summed E-state index contributed by atoms with van der Waals surface area (Å²) < 4.78 is 11.1. The summed E-state index contributed by atoms with van der Waals surface area (Å²) in [5.41, 5.74) is 2.46. The third-order valence-electron chi connectivity index (χ3n) is 4.08. The van der Waals surface area contributed by atoms with E-state index in [1.165, 1.54) is 0 Å². The molecule has 4 nitrogen and oxygen atoms in total. The number of amides is 1. The van der Waals surface area contributed by atoms with Crippen LogP contribution in [0.2, 0.25) is 0 Å². The lowest BCUT2D eigenvalue weighted by molar-refractivity contribution is 0.0926. The Morgan fingerprint density at radius 3 is 2.65 bits per heavy atom. The Morgan fingerprint density at radius 2 is 1.96 bits per heavy atom. The molecule has 116 valence electrons. The number of nitrogens with one attached hydrogen (secondary N) is 1. The van der Waals surface area contributed by atoms with Gasteiger partial charge in [0.2, 0.25) is 5.76 Å². The highest BCUT2D eigenvalue weighted by atomic mass is 16.5. The molecule has 4 heteroatoms. The first-order valence-corrected chi connectivity index (χ1v) is 7.73. The smallest absolute Gasteiger partial charge is 0.287 e. The fraction of sp³-hybridized carbons (Fsp3) is 0.211. The molecular formula is C19H17NO3.